The van der Waals surface area contributed by atoms with Gasteiger partial charge in [0.15, 0.2) is 0 Å². The second-order valence-electron chi connectivity index (χ2n) is 9.13. The SMILES string of the molecule is CN(C(=O)n1cnc(-c2cccc(NC(N)=O)c2)c1)C1CCN(Cc2ccccc2)CC1.O=C(O)C=CC(=O)O. The number of piperidine rings is 1. The number of carbonyl (C=O) groups is 4. The van der Waals surface area contributed by atoms with Crippen LogP contribution in [0.2, 0.25) is 0 Å². The Morgan fingerprint density at radius 1 is 1.02 bits per heavy atom. The summed E-state index contributed by atoms with van der Waals surface area (Å²) in [7, 11) is 1.86. The zero-order chi connectivity index (χ0) is 29.1. The Morgan fingerprint density at radius 2 is 1.68 bits per heavy atom. The van der Waals surface area contributed by atoms with Gasteiger partial charge in [0.2, 0.25) is 0 Å². The molecule has 40 heavy (non-hydrogen) atoms. The highest BCUT2D eigenvalue weighted by Crippen LogP contribution is 2.22. The second kappa shape index (κ2) is 14.3. The first kappa shape index (κ1) is 29.6. The van der Waals surface area contributed by atoms with E-state index in [1.165, 1.54) is 16.5 Å². The number of carboxylic acid groups (broad SMARTS) is 2. The van der Waals surface area contributed by atoms with E-state index in [-0.39, 0.29) is 12.1 Å². The summed E-state index contributed by atoms with van der Waals surface area (Å²) in [4.78, 5) is 51.9. The molecule has 2 aromatic carbocycles. The van der Waals surface area contributed by atoms with Crippen molar-refractivity contribution in [2.75, 3.05) is 25.5 Å². The number of imidazole rings is 1. The fourth-order valence-corrected chi connectivity index (χ4v) is 4.26. The third-order valence-corrected chi connectivity index (χ3v) is 6.25. The number of primary amides is 1. The summed E-state index contributed by atoms with van der Waals surface area (Å²) >= 11 is 0. The van der Waals surface area contributed by atoms with Crippen LogP contribution in [-0.4, -0.2) is 79.7 Å². The van der Waals surface area contributed by atoms with Crippen LogP contribution in [0.1, 0.15) is 18.4 Å². The standard InChI is InChI=1S/C24H28N6O2.C4H4O4/c1-28(21-10-12-29(13-11-21)15-18-6-3-2-4-7-18)24(32)30-16-22(26-17-30)19-8-5-9-20(14-19)27-23(25)31;5-3(6)1-2-4(7)8/h2-9,14,16-17,21H,10-13,15H2,1H3,(H3,25,27,31);1-2H,(H,5,6)(H,7,8). The van der Waals surface area contributed by atoms with E-state index in [0.29, 0.717) is 23.5 Å². The average molecular weight is 549 g/mol. The Bertz CT molecular complexity index is 1330. The summed E-state index contributed by atoms with van der Waals surface area (Å²) in [6, 6.07) is 17.1. The van der Waals surface area contributed by atoms with Crippen molar-refractivity contribution in [1.82, 2.24) is 19.4 Å². The number of hydrogen-bond acceptors (Lipinski definition) is 6. The van der Waals surface area contributed by atoms with E-state index in [1.54, 1.807) is 24.4 Å². The number of aliphatic carboxylic acids is 2. The number of hydrogen-bond donors (Lipinski definition) is 4. The zero-order valence-electron chi connectivity index (χ0n) is 22.0. The van der Waals surface area contributed by atoms with Crippen LogP contribution < -0.4 is 11.1 Å². The molecule has 1 saturated heterocycles. The van der Waals surface area contributed by atoms with E-state index in [2.05, 4.69) is 39.5 Å². The number of nitrogens with one attached hydrogen (secondary N) is 1. The lowest BCUT2D eigenvalue weighted by molar-refractivity contribution is -0.134. The Hall–Kier alpha value is -4.97. The lowest BCUT2D eigenvalue weighted by Crippen LogP contribution is -2.46. The molecule has 0 saturated carbocycles. The van der Waals surface area contributed by atoms with Gasteiger partial charge in [-0.2, -0.15) is 0 Å². The van der Waals surface area contributed by atoms with Crippen LogP contribution in [-0.2, 0) is 16.1 Å². The molecule has 1 aromatic heterocycles. The number of urea groups is 1. The summed E-state index contributed by atoms with van der Waals surface area (Å²) in [5.41, 5.74) is 8.52. The van der Waals surface area contributed by atoms with Crippen LogP contribution in [0.25, 0.3) is 11.3 Å². The number of nitrogens with zero attached hydrogens (tertiary/aromatic N) is 4. The van der Waals surface area contributed by atoms with Crippen LogP contribution in [0.3, 0.4) is 0 Å². The van der Waals surface area contributed by atoms with Gasteiger partial charge in [-0.05, 0) is 30.5 Å². The van der Waals surface area contributed by atoms with Crippen molar-refractivity contribution in [3.05, 3.63) is 84.8 Å². The highest BCUT2D eigenvalue weighted by Gasteiger charge is 2.26. The minimum Gasteiger partial charge on any atom is -0.478 e. The van der Waals surface area contributed by atoms with Gasteiger partial charge in [0.1, 0.15) is 6.33 Å². The van der Waals surface area contributed by atoms with Crippen molar-refractivity contribution in [2.24, 2.45) is 5.73 Å². The Labute approximate surface area is 231 Å². The number of carbonyl (C=O) groups excluding carboxylic acids is 2. The summed E-state index contributed by atoms with van der Waals surface area (Å²) in [5, 5.41) is 18.2. The topological polar surface area (TPSA) is 171 Å². The largest absolute Gasteiger partial charge is 0.478 e. The lowest BCUT2D eigenvalue weighted by atomic mass is 10.0. The van der Waals surface area contributed by atoms with Gasteiger partial charge in [0, 0.05) is 62.3 Å². The van der Waals surface area contributed by atoms with Crippen molar-refractivity contribution >= 4 is 29.7 Å². The monoisotopic (exact) mass is 548 g/mol. The molecule has 5 N–H and O–H groups in total. The summed E-state index contributed by atoms with van der Waals surface area (Å²) < 4.78 is 1.51. The zero-order valence-corrected chi connectivity index (χ0v) is 22.0. The Kier molecular flexibility index (Phi) is 10.5. The normalized spacial score (nSPS) is 13.7. The molecule has 3 amide bonds. The highest BCUT2D eigenvalue weighted by molar-refractivity contribution is 5.90. The predicted molar refractivity (Wildman–Crippen MR) is 149 cm³/mol. The minimum absolute atomic E-state index is 0.100. The molecule has 2 heterocycles. The van der Waals surface area contributed by atoms with Gasteiger partial charge in [0.05, 0.1) is 5.69 Å². The van der Waals surface area contributed by atoms with E-state index in [1.807, 2.05) is 24.1 Å². The number of nitrogens with two attached hydrogens (primary N) is 1. The van der Waals surface area contributed by atoms with Crippen LogP contribution >= 0.6 is 0 Å². The number of anilines is 1. The molecular weight excluding hydrogens is 516 g/mol. The van der Waals surface area contributed by atoms with Crippen molar-refractivity contribution in [1.29, 1.82) is 0 Å². The molecule has 12 heteroatoms. The summed E-state index contributed by atoms with van der Waals surface area (Å²) in [6.45, 7) is 2.87. The Balaban J connectivity index is 0.000000482. The van der Waals surface area contributed by atoms with Crippen molar-refractivity contribution < 1.29 is 29.4 Å². The molecule has 1 aliphatic heterocycles. The highest BCUT2D eigenvalue weighted by atomic mass is 16.4. The minimum atomic E-state index is -1.26. The van der Waals surface area contributed by atoms with E-state index >= 15 is 0 Å². The van der Waals surface area contributed by atoms with Crippen LogP contribution in [0.5, 0.6) is 0 Å². The quantitative estimate of drug-likeness (QED) is 0.326. The van der Waals surface area contributed by atoms with Gasteiger partial charge in [-0.1, -0.05) is 42.5 Å². The molecule has 12 nitrogen and oxygen atoms in total. The van der Waals surface area contributed by atoms with E-state index in [4.69, 9.17) is 15.9 Å². The second-order valence-corrected chi connectivity index (χ2v) is 9.13. The van der Waals surface area contributed by atoms with Crippen molar-refractivity contribution in [2.45, 2.75) is 25.4 Å². The molecule has 3 aromatic rings. The smallest absolute Gasteiger partial charge is 0.329 e. The van der Waals surface area contributed by atoms with Crippen LogP contribution in [0.15, 0.2) is 79.3 Å². The third-order valence-electron chi connectivity index (χ3n) is 6.25. The third kappa shape index (κ3) is 9.10. The fourth-order valence-electron chi connectivity index (χ4n) is 4.26. The van der Waals surface area contributed by atoms with Gasteiger partial charge in [-0.3, -0.25) is 9.47 Å². The van der Waals surface area contributed by atoms with Gasteiger partial charge in [0.25, 0.3) is 0 Å². The molecule has 1 aliphatic rings. The maximum atomic E-state index is 13.0. The van der Waals surface area contributed by atoms with Gasteiger partial charge >= 0.3 is 24.0 Å². The molecule has 0 atom stereocenters. The number of rotatable bonds is 7. The number of benzene rings is 2. The van der Waals surface area contributed by atoms with Crippen LogP contribution in [0.4, 0.5) is 15.3 Å². The maximum Gasteiger partial charge on any atom is 0.329 e. The van der Waals surface area contributed by atoms with E-state index in [9.17, 15) is 19.2 Å². The van der Waals surface area contributed by atoms with Gasteiger partial charge < -0.3 is 26.2 Å². The molecule has 1 fully saturated rings. The first-order chi connectivity index (χ1) is 19.1. The molecule has 0 radical (unpaired) electrons. The summed E-state index contributed by atoms with van der Waals surface area (Å²) in [5.74, 6) is -2.51. The molecule has 0 unspecified atom stereocenters. The Morgan fingerprint density at radius 3 is 2.27 bits per heavy atom. The van der Waals surface area contributed by atoms with Crippen molar-refractivity contribution in [3.63, 3.8) is 0 Å². The first-order valence-corrected chi connectivity index (χ1v) is 12.5. The van der Waals surface area contributed by atoms with E-state index in [0.717, 1.165) is 38.0 Å². The summed E-state index contributed by atoms with van der Waals surface area (Å²) in [6.07, 6.45) is 6.25. The maximum absolute atomic E-state index is 13.0. The first-order valence-electron chi connectivity index (χ1n) is 12.5. The molecule has 0 bridgehead atoms. The molecule has 0 aliphatic carbocycles. The average Bonchev–Trinajstić information content (AvgIpc) is 3.43. The predicted octanol–water partition coefficient (Wildman–Crippen LogP) is 3.32. The molecule has 0 spiro atoms. The lowest BCUT2D eigenvalue weighted by Gasteiger charge is -2.36. The molecule has 210 valence electrons. The molecule has 4 rings (SSSR count). The number of carboxylic acids is 2. The number of amides is 3. The number of likely N-dealkylation sites (tertiary alicyclic amines) is 1. The fraction of sp³-hybridized carbons (Fsp3) is 0.250. The molecular formula is C28H32N6O6. The van der Waals surface area contributed by atoms with E-state index < -0.39 is 18.0 Å². The van der Waals surface area contributed by atoms with Gasteiger partial charge in [-0.25, -0.2) is 24.2 Å². The van der Waals surface area contributed by atoms with Crippen molar-refractivity contribution in [3.8, 4) is 11.3 Å². The van der Waals surface area contributed by atoms with Crippen LogP contribution in [0, 0.1) is 0 Å². The van der Waals surface area contributed by atoms with Gasteiger partial charge in [-0.15, -0.1) is 0 Å². The number of aromatic nitrogens is 2.